The van der Waals surface area contributed by atoms with Gasteiger partial charge in [0.15, 0.2) is 0 Å². The van der Waals surface area contributed by atoms with Crippen molar-refractivity contribution in [1.82, 2.24) is 9.97 Å². The van der Waals surface area contributed by atoms with Gasteiger partial charge in [0.1, 0.15) is 11.6 Å². The Hall–Kier alpha value is -1.36. The summed E-state index contributed by atoms with van der Waals surface area (Å²) in [6.45, 7) is 0.991. The molecule has 1 saturated carbocycles. The summed E-state index contributed by atoms with van der Waals surface area (Å²) < 4.78 is 0. The first-order valence-electron chi connectivity index (χ1n) is 4.66. The van der Waals surface area contributed by atoms with Crippen molar-refractivity contribution < 1.29 is 5.11 Å². The van der Waals surface area contributed by atoms with Gasteiger partial charge in [0, 0.05) is 12.0 Å². The van der Waals surface area contributed by atoms with Crippen LogP contribution in [0, 0.1) is 5.41 Å². The van der Waals surface area contributed by atoms with Gasteiger partial charge in [-0.1, -0.05) is 0 Å². The molecule has 0 aromatic carbocycles. The third-order valence-corrected chi connectivity index (χ3v) is 2.61. The molecule has 1 aliphatic rings. The lowest BCUT2D eigenvalue weighted by Crippen LogP contribution is -2.19. The molecule has 0 atom stereocenters. The number of hydrogen-bond acceptors (Lipinski definition) is 5. The number of anilines is 2. The minimum absolute atomic E-state index is 0.0864. The SMILES string of the molecule is Nc1cnc(NCC2(CO)CC2)cn1. The molecule has 2 rings (SSSR count). The lowest BCUT2D eigenvalue weighted by atomic mass is 10.1. The first kappa shape index (κ1) is 9.21. The Morgan fingerprint density at radius 2 is 2.21 bits per heavy atom. The van der Waals surface area contributed by atoms with Crippen LogP contribution in [-0.2, 0) is 0 Å². The van der Waals surface area contributed by atoms with E-state index in [2.05, 4.69) is 15.3 Å². The number of aliphatic hydroxyl groups is 1. The van der Waals surface area contributed by atoms with E-state index < -0.39 is 0 Å². The molecule has 0 spiro atoms. The Balaban J connectivity index is 1.89. The highest BCUT2D eigenvalue weighted by Crippen LogP contribution is 2.44. The summed E-state index contributed by atoms with van der Waals surface area (Å²) >= 11 is 0. The monoisotopic (exact) mass is 194 g/mol. The Labute approximate surface area is 82.4 Å². The molecule has 5 heteroatoms. The van der Waals surface area contributed by atoms with E-state index in [1.54, 1.807) is 6.20 Å². The van der Waals surface area contributed by atoms with Crippen molar-refractivity contribution in [2.24, 2.45) is 5.41 Å². The van der Waals surface area contributed by atoms with Gasteiger partial charge in [-0.05, 0) is 12.8 Å². The third-order valence-electron chi connectivity index (χ3n) is 2.61. The van der Waals surface area contributed by atoms with Crippen LogP contribution >= 0.6 is 0 Å². The van der Waals surface area contributed by atoms with Crippen LogP contribution in [0.1, 0.15) is 12.8 Å². The lowest BCUT2D eigenvalue weighted by molar-refractivity contribution is 0.219. The van der Waals surface area contributed by atoms with Gasteiger partial charge in [0.2, 0.25) is 0 Å². The summed E-state index contributed by atoms with van der Waals surface area (Å²) in [7, 11) is 0. The molecule has 1 aromatic heterocycles. The number of nitrogens with two attached hydrogens (primary N) is 1. The summed E-state index contributed by atoms with van der Waals surface area (Å²) in [6.07, 6.45) is 5.28. The fourth-order valence-electron chi connectivity index (χ4n) is 1.27. The number of hydrogen-bond donors (Lipinski definition) is 3. The van der Waals surface area contributed by atoms with E-state index in [0.29, 0.717) is 11.6 Å². The molecule has 0 radical (unpaired) electrons. The fraction of sp³-hybridized carbons (Fsp3) is 0.556. The molecule has 0 bridgehead atoms. The Morgan fingerprint density at radius 1 is 1.43 bits per heavy atom. The van der Waals surface area contributed by atoms with Gasteiger partial charge >= 0.3 is 0 Å². The quantitative estimate of drug-likeness (QED) is 0.639. The average Bonchev–Trinajstić information content (AvgIpc) is 2.98. The highest BCUT2D eigenvalue weighted by Gasteiger charge is 2.41. The van der Waals surface area contributed by atoms with Crippen molar-refractivity contribution in [3.8, 4) is 0 Å². The summed E-state index contributed by atoms with van der Waals surface area (Å²) in [5.74, 6) is 1.12. The molecule has 0 amide bonds. The van der Waals surface area contributed by atoms with E-state index in [9.17, 15) is 0 Å². The number of aliphatic hydroxyl groups excluding tert-OH is 1. The molecular weight excluding hydrogens is 180 g/mol. The first-order chi connectivity index (χ1) is 6.74. The van der Waals surface area contributed by atoms with Crippen molar-refractivity contribution in [2.75, 3.05) is 24.2 Å². The summed E-state index contributed by atoms with van der Waals surface area (Å²) in [5.41, 5.74) is 5.49. The van der Waals surface area contributed by atoms with Crippen molar-refractivity contribution in [3.63, 3.8) is 0 Å². The van der Waals surface area contributed by atoms with Gasteiger partial charge < -0.3 is 16.2 Å². The topological polar surface area (TPSA) is 84.1 Å². The van der Waals surface area contributed by atoms with Crippen LogP contribution in [-0.4, -0.2) is 28.2 Å². The number of rotatable bonds is 4. The van der Waals surface area contributed by atoms with Gasteiger partial charge in [-0.3, -0.25) is 0 Å². The normalized spacial score (nSPS) is 17.8. The van der Waals surface area contributed by atoms with Crippen LogP contribution in [0.5, 0.6) is 0 Å². The Bertz CT molecular complexity index is 307. The second-order valence-electron chi connectivity index (χ2n) is 3.84. The molecule has 0 aliphatic heterocycles. The predicted octanol–water partition coefficient (Wildman–Crippen LogP) is 0.243. The zero-order chi connectivity index (χ0) is 10.0. The van der Waals surface area contributed by atoms with Crippen molar-refractivity contribution >= 4 is 11.6 Å². The van der Waals surface area contributed by atoms with Gasteiger partial charge in [-0.2, -0.15) is 0 Å². The second-order valence-corrected chi connectivity index (χ2v) is 3.84. The number of nitrogens with zero attached hydrogens (tertiary/aromatic N) is 2. The van der Waals surface area contributed by atoms with Crippen LogP contribution in [0.3, 0.4) is 0 Å². The largest absolute Gasteiger partial charge is 0.396 e. The predicted molar refractivity (Wildman–Crippen MR) is 53.7 cm³/mol. The Kier molecular flexibility index (Phi) is 2.25. The summed E-state index contributed by atoms with van der Waals surface area (Å²) in [4.78, 5) is 7.98. The van der Waals surface area contributed by atoms with Gasteiger partial charge in [0.25, 0.3) is 0 Å². The fourth-order valence-corrected chi connectivity index (χ4v) is 1.27. The zero-order valence-corrected chi connectivity index (χ0v) is 7.90. The number of nitrogens with one attached hydrogen (secondary N) is 1. The molecule has 0 saturated heterocycles. The molecule has 0 unspecified atom stereocenters. The molecule has 14 heavy (non-hydrogen) atoms. The molecule has 76 valence electrons. The second kappa shape index (κ2) is 3.42. The van der Waals surface area contributed by atoms with E-state index in [4.69, 9.17) is 10.8 Å². The molecule has 4 N–H and O–H groups in total. The maximum absolute atomic E-state index is 9.08. The van der Waals surface area contributed by atoms with Crippen LogP contribution in [0.2, 0.25) is 0 Å². The first-order valence-corrected chi connectivity index (χ1v) is 4.66. The van der Waals surface area contributed by atoms with Crippen molar-refractivity contribution in [1.29, 1.82) is 0 Å². The summed E-state index contributed by atoms with van der Waals surface area (Å²) in [5, 5.41) is 12.2. The Morgan fingerprint density at radius 3 is 2.71 bits per heavy atom. The van der Waals surface area contributed by atoms with Gasteiger partial charge in [-0.25, -0.2) is 9.97 Å². The maximum atomic E-state index is 9.08. The molecule has 1 heterocycles. The molecule has 1 aliphatic carbocycles. The van der Waals surface area contributed by atoms with Crippen molar-refractivity contribution in [3.05, 3.63) is 12.4 Å². The maximum Gasteiger partial charge on any atom is 0.144 e. The van der Waals surface area contributed by atoms with Crippen molar-refractivity contribution in [2.45, 2.75) is 12.8 Å². The number of nitrogen functional groups attached to an aromatic ring is 1. The molecule has 1 fully saturated rings. The van der Waals surface area contributed by atoms with Gasteiger partial charge in [-0.15, -0.1) is 0 Å². The smallest absolute Gasteiger partial charge is 0.144 e. The summed E-state index contributed by atoms with van der Waals surface area (Å²) in [6, 6.07) is 0. The molecular formula is C9H14N4O. The minimum Gasteiger partial charge on any atom is -0.396 e. The zero-order valence-electron chi connectivity index (χ0n) is 7.90. The average molecular weight is 194 g/mol. The minimum atomic E-state index is 0.0864. The van der Waals surface area contributed by atoms with Crippen LogP contribution in [0.25, 0.3) is 0 Å². The van der Waals surface area contributed by atoms with Gasteiger partial charge in [0.05, 0.1) is 19.0 Å². The molecule has 1 aromatic rings. The van der Waals surface area contributed by atoms with Crippen LogP contribution in [0.4, 0.5) is 11.6 Å². The lowest BCUT2D eigenvalue weighted by Gasteiger charge is -2.12. The molecule has 5 nitrogen and oxygen atoms in total. The standard InChI is InChI=1S/C9H14N4O/c10-7-3-12-8(4-11-7)13-5-9(6-14)1-2-9/h3-4,14H,1-2,5-6H2,(H2,10,11)(H,12,13). The van der Waals surface area contributed by atoms with Crippen LogP contribution in [0.15, 0.2) is 12.4 Å². The number of aromatic nitrogens is 2. The van der Waals surface area contributed by atoms with E-state index in [1.165, 1.54) is 6.20 Å². The third kappa shape index (κ3) is 1.93. The van der Waals surface area contributed by atoms with E-state index >= 15 is 0 Å². The van der Waals surface area contributed by atoms with E-state index in [1.807, 2.05) is 0 Å². The highest BCUT2D eigenvalue weighted by atomic mass is 16.3. The van der Waals surface area contributed by atoms with Crippen LogP contribution < -0.4 is 11.1 Å². The van der Waals surface area contributed by atoms with E-state index in [0.717, 1.165) is 19.4 Å². The highest BCUT2D eigenvalue weighted by molar-refractivity contribution is 5.36. The van der Waals surface area contributed by atoms with E-state index in [-0.39, 0.29) is 12.0 Å².